The van der Waals surface area contributed by atoms with Gasteiger partial charge in [0.05, 0.1) is 12.7 Å². The molecule has 0 aromatic heterocycles. The van der Waals surface area contributed by atoms with E-state index in [1.54, 1.807) is 0 Å². The molecule has 2 bridgehead atoms. The van der Waals surface area contributed by atoms with Gasteiger partial charge < -0.3 is 24.4 Å². The first-order chi connectivity index (χ1) is 12.7. The molecule has 0 aromatic rings. The van der Waals surface area contributed by atoms with Crippen molar-refractivity contribution in [2.45, 2.75) is 70.2 Å². The first-order valence-electron chi connectivity index (χ1n) is 9.73. The molecule has 5 atom stereocenters. The predicted octanol–water partition coefficient (Wildman–Crippen LogP) is 3.33. The molecule has 1 aliphatic heterocycles. The van der Waals surface area contributed by atoms with E-state index < -0.39 is 12.3 Å². The molecule has 2 fully saturated rings. The lowest BCUT2D eigenvalue weighted by molar-refractivity contribution is -0.0346. The Morgan fingerprint density at radius 3 is 2.85 bits per heavy atom. The van der Waals surface area contributed by atoms with Crippen molar-refractivity contribution < 1.29 is 29.2 Å². The first kappa shape index (κ1) is 20.9. The molecule has 148 valence electrons. The van der Waals surface area contributed by atoms with Gasteiger partial charge >= 0.3 is 6.16 Å². The van der Waals surface area contributed by atoms with Gasteiger partial charge in [0, 0.05) is 18.3 Å². The van der Waals surface area contributed by atoms with Gasteiger partial charge in [-0.3, -0.25) is 0 Å². The second kappa shape index (κ2) is 11.4. The molecule has 2 aliphatic rings. The summed E-state index contributed by atoms with van der Waals surface area (Å²) in [6.07, 6.45) is 12.8. The van der Waals surface area contributed by atoms with Crippen molar-refractivity contribution in [1.29, 1.82) is 0 Å². The lowest BCUT2D eigenvalue weighted by atomic mass is 9.89. The van der Waals surface area contributed by atoms with Gasteiger partial charge in [-0.05, 0) is 19.3 Å². The summed E-state index contributed by atoms with van der Waals surface area (Å²) in [6.45, 7) is 2.36. The van der Waals surface area contributed by atoms with E-state index in [0.29, 0.717) is 13.0 Å². The van der Waals surface area contributed by atoms with Crippen LogP contribution in [0.3, 0.4) is 0 Å². The zero-order valence-electron chi connectivity index (χ0n) is 15.6. The maximum Gasteiger partial charge on any atom is 0.508 e. The normalized spacial score (nSPS) is 29.3. The second-order valence-corrected chi connectivity index (χ2v) is 7.02. The summed E-state index contributed by atoms with van der Waals surface area (Å²) < 4.78 is 15.6. The predicted molar refractivity (Wildman–Crippen MR) is 97.4 cm³/mol. The van der Waals surface area contributed by atoms with Gasteiger partial charge in [0.15, 0.2) is 0 Å². The van der Waals surface area contributed by atoms with Crippen LogP contribution >= 0.6 is 0 Å². The molecule has 2 rings (SSSR count). The van der Waals surface area contributed by atoms with E-state index in [9.17, 15) is 9.90 Å². The highest BCUT2D eigenvalue weighted by Crippen LogP contribution is 2.43. The molecule has 6 heteroatoms. The van der Waals surface area contributed by atoms with E-state index in [1.165, 1.54) is 0 Å². The molecule has 26 heavy (non-hydrogen) atoms. The Labute approximate surface area is 155 Å². The maximum absolute atomic E-state index is 11.6. The Balaban J connectivity index is 1.91. The molecule has 0 amide bonds. The number of allylic oxidation sites excluding steroid dienone is 1. The summed E-state index contributed by atoms with van der Waals surface area (Å²) >= 11 is 0. The highest BCUT2D eigenvalue weighted by Gasteiger charge is 2.49. The van der Waals surface area contributed by atoms with Crippen LogP contribution in [0.15, 0.2) is 24.3 Å². The van der Waals surface area contributed by atoms with Crippen LogP contribution in [0.5, 0.6) is 0 Å². The number of rotatable bonds is 12. The molecule has 5 unspecified atom stereocenters. The summed E-state index contributed by atoms with van der Waals surface area (Å²) in [5, 5.41) is 18.7. The van der Waals surface area contributed by atoms with Crippen LogP contribution in [0.25, 0.3) is 0 Å². The third-order valence-corrected chi connectivity index (χ3v) is 5.12. The van der Waals surface area contributed by atoms with Crippen molar-refractivity contribution >= 4 is 6.16 Å². The van der Waals surface area contributed by atoms with Crippen molar-refractivity contribution in [3.05, 3.63) is 24.3 Å². The number of fused-ring (bicyclic) bond motifs is 2. The third-order valence-electron chi connectivity index (χ3n) is 5.12. The molecule has 1 aliphatic carbocycles. The minimum absolute atomic E-state index is 0.0608. The zero-order valence-corrected chi connectivity index (χ0v) is 15.6. The lowest BCUT2D eigenvalue weighted by Crippen LogP contribution is -2.28. The van der Waals surface area contributed by atoms with Crippen LogP contribution in [0.1, 0.15) is 51.9 Å². The van der Waals surface area contributed by atoms with Gasteiger partial charge in [-0.25, -0.2) is 4.79 Å². The highest BCUT2D eigenvalue weighted by molar-refractivity contribution is 5.62. The SMILES string of the molecule is CCCCCC(O)/C=C/C1C2CC(OC(=O)O2)C1C/C=C\CCOCO. The van der Waals surface area contributed by atoms with Crippen molar-refractivity contribution in [2.75, 3.05) is 13.4 Å². The minimum Gasteiger partial charge on any atom is -0.430 e. The van der Waals surface area contributed by atoms with E-state index in [-0.39, 0.29) is 30.8 Å². The van der Waals surface area contributed by atoms with Crippen molar-refractivity contribution in [3.8, 4) is 0 Å². The molecular weight excluding hydrogens is 336 g/mol. The van der Waals surface area contributed by atoms with Crippen LogP contribution in [-0.2, 0) is 14.2 Å². The molecule has 0 radical (unpaired) electrons. The smallest absolute Gasteiger partial charge is 0.430 e. The summed E-state index contributed by atoms with van der Waals surface area (Å²) in [7, 11) is 0. The molecule has 2 N–H and O–H groups in total. The monoisotopic (exact) mass is 368 g/mol. The van der Waals surface area contributed by atoms with Gasteiger partial charge in [-0.1, -0.05) is 50.5 Å². The van der Waals surface area contributed by atoms with Gasteiger partial charge in [-0.15, -0.1) is 0 Å². The average molecular weight is 368 g/mol. The van der Waals surface area contributed by atoms with Gasteiger partial charge in [-0.2, -0.15) is 0 Å². The molecular formula is C20H32O6. The van der Waals surface area contributed by atoms with Crippen molar-refractivity contribution in [2.24, 2.45) is 11.8 Å². The van der Waals surface area contributed by atoms with E-state index in [1.807, 2.05) is 18.2 Å². The molecule has 1 saturated heterocycles. The summed E-state index contributed by atoms with van der Waals surface area (Å²) in [4.78, 5) is 11.6. The number of hydrogen-bond acceptors (Lipinski definition) is 6. The third kappa shape index (κ3) is 6.41. The van der Waals surface area contributed by atoms with E-state index in [0.717, 1.165) is 38.5 Å². The number of carbonyl (C=O) groups is 1. The summed E-state index contributed by atoms with van der Waals surface area (Å²) in [5.41, 5.74) is 0. The maximum atomic E-state index is 11.6. The standard InChI is InChI=1S/C20H32O6/c1-2-3-5-8-15(22)10-11-17-16(9-6-4-7-12-24-14-21)18-13-19(17)26-20(23)25-18/h4,6,10-11,15-19,21-22H,2-3,5,7-9,12-14H2,1H3/b6-4-,11-10+. The fraction of sp³-hybridized carbons (Fsp3) is 0.750. The van der Waals surface area contributed by atoms with Crippen molar-refractivity contribution in [1.82, 2.24) is 0 Å². The fourth-order valence-corrected chi connectivity index (χ4v) is 3.74. The fourth-order valence-electron chi connectivity index (χ4n) is 3.74. The second-order valence-electron chi connectivity index (χ2n) is 7.02. The van der Waals surface area contributed by atoms with Crippen LogP contribution in [0.4, 0.5) is 4.79 Å². The number of unbranched alkanes of at least 4 members (excludes halogenated alkanes) is 2. The van der Waals surface area contributed by atoms with Crippen LogP contribution < -0.4 is 0 Å². The number of carbonyl (C=O) groups excluding carboxylic acids is 1. The van der Waals surface area contributed by atoms with E-state index >= 15 is 0 Å². The summed E-state index contributed by atoms with van der Waals surface area (Å²) in [5.74, 6) is 0.214. The Kier molecular flexibility index (Phi) is 9.15. The molecule has 0 spiro atoms. The topological polar surface area (TPSA) is 85.2 Å². The summed E-state index contributed by atoms with van der Waals surface area (Å²) in [6, 6.07) is 0. The first-order valence-corrected chi connectivity index (χ1v) is 9.73. The Morgan fingerprint density at radius 2 is 2.08 bits per heavy atom. The molecule has 0 aromatic carbocycles. The number of ether oxygens (including phenoxy) is 3. The quantitative estimate of drug-likeness (QED) is 0.238. The Morgan fingerprint density at radius 1 is 1.27 bits per heavy atom. The molecule has 1 heterocycles. The van der Waals surface area contributed by atoms with Gasteiger partial charge in [0.25, 0.3) is 0 Å². The van der Waals surface area contributed by atoms with Crippen LogP contribution in [0.2, 0.25) is 0 Å². The van der Waals surface area contributed by atoms with Crippen molar-refractivity contribution in [3.63, 3.8) is 0 Å². The number of hydrogen-bond donors (Lipinski definition) is 2. The van der Waals surface area contributed by atoms with Crippen LogP contribution in [0, 0.1) is 11.8 Å². The minimum atomic E-state index is -0.587. The Hall–Kier alpha value is -1.37. The van der Waals surface area contributed by atoms with Crippen LogP contribution in [-0.4, -0.2) is 48.1 Å². The largest absolute Gasteiger partial charge is 0.508 e. The number of aliphatic hydroxyl groups is 2. The average Bonchev–Trinajstić information content (AvgIpc) is 2.86. The molecule has 1 saturated carbocycles. The van der Waals surface area contributed by atoms with E-state index in [2.05, 4.69) is 13.0 Å². The Bertz CT molecular complexity index is 475. The molecule has 6 nitrogen and oxygen atoms in total. The van der Waals surface area contributed by atoms with E-state index in [4.69, 9.17) is 19.3 Å². The van der Waals surface area contributed by atoms with Gasteiger partial charge in [0.2, 0.25) is 0 Å². The highest BCUT2D eigenvalue weighted by atomic mass is 16.7. The zero-order chi connectivity index (χ0) is 18.8. The lowest BCUT2D eigenvalue weighted by Gasteiger charge is -2.20. The number of aliphatic hydroxyl groups excluding tert-OH is 2. The van der Waals surface area contributed by atoms with Gasteiger partial charge in [0.1, 0.15) is 19.0 Å².